The zero-order valence-electron chi connectivity index (χ0n) is 11.7. The van der Waals surface area contributed by atoms with Crippen molar-refractivity contribution in [3.05, 3.63) is 71.2 Å². The van der Waals surface area contributed by atoms with Crippen LogP contribution in [-0.4, -0.2) is 5.78 Å². The van der Waals surface area contributed by atoms with Gasteiger partial charge in [0.15, 0.2) is 22.9 Å². The number of furan rings is 1. The lowest BCUT2D eigenvalue weighted by Crippen LogP contribution is -1.99. The molecule has 0 aliphatic heterocycles. The summed E-state index contributed by atoms with van der Waals surface area (Å²) < 4.78 is 18.9. The van der Waals surface area contributed by atoms with E-state index in [1.807, 2.05) is 25.1 Å². The van der Waals surface area contributed by atoms with Crippen molar-refractivity contribution in [2.45, 2.75) is 19.8 Å². The van der Waals surface area contributed by atoms with Gasteiger partial charge in [0.1, 0.15) is 0 Å². The summed E-state index contributed by atoms with van der Waals surface area (Å²) in [5.74, 6) is -0.319. The highest BCUT2D eigenvalue weighted by atomic mass is 19.1. The SMILES string of the molecule is Cc1cccc(CCC(=O)c2cc3cccc(F)c3o2)c1. The molecule has 0 aliphatic rings. The Kier molecular flexibility index (Phi) is 3.57. The Hall–Kier alpha value is -2.42. The minimum atomic E-state index is -0.440. The second kappa shape index (κ2) is 5.52. The third-order valence-corrected chi connectivity index (χ3v) is 3.49. The molecular weight excluding hydrogens is 267 g/mol. The van der Waals surface area contributed by atoms with E-state index in [2.05, 4.69) is 6.07 Å². The molecule has 0 unspecified atom stereocenters. The van der Waals surface area contributed by atoms with Gasteiger partial charge in [-0.15, -0.1) is 0 Å². The van der Waals surface area contributed by atoms with Crippen molar-refractivity contribution >= 4 is 16.8 Å². The highest BCUT2D eigenvalue weighted by molar-refractivity contribution is 5.97. The molecule has 2 aromatic carbocycles. The maximum absolute atomic E-state index is 13.6. The molecule has 1 aromatic heterocycles. The van der Waals surface area contributed by atoms with E-state index in [4.69, 9.17) is 4.42 Å². The predicted molar refractivity (Wildman–Crippen MR) is 80.0 cm³/mol. The van der Waals surface area contributed by atoms with Crippen LogP contribution in [0, 0.1) is 12.7 Å². The molecule has 3 heteroatoms. The lowest BCUT2D eigenvalue weighted by molar-refractivity contribution is 0.0958. The van der Waals surface area contributed by atoms with Crippen LogP contribution < -0.4 is 0 Å². The van der Waals surface area contributed by atoms with Crippen molar-refractivity contribution < 1.29 is 13.6 Å². The molecule has 0 saturated carbocycles. The van der Waals surface area contributed by atoms with Gasteiger partial charge >= 0.3 is 0 Å². The number of carbonyl (C=O) groups is 1. The van der Waals surface area contributed by atoms with Crippen molar-refractivity contribution in [1.82, 2.24) is 0 Å². The van der Waals surface area contributed by atoms with Crippen LogP contribution in [0.5, 0.6) is 0 Å². The van der Waals surface area contributed by atoms with Gasteiger partial charge in [0.2, 0.25) is 0 Å². The molecule has 0 radical (unpaired) electrons. The van der Waals surface area contributed by atoms with Crippen LogP contribution in [0.3, 0.4) is 0 Å². The molecule has 3 aromatic rings. The van der Waals surface area contributed by atoms with Gasteiger partial charge in [-0.05, 0) is 31.0 Å². The number of carbonyl (C=O) groups excluding carboxylic acids is 1. The predicted octanol–water partition coefficient (Wildman–Crippen LogP) is 4.70. The molecule has 0 atom stereocenters. The molecule has 0 bridgehead atoms. The summed E-state index contributed by atoms with van der Waals surface area (Å²) in [6.07, 6.45) is 1.00. The van der Waals surface area contributed by atoms with Gasteiger partial charge in [-0.2, -0.15) is 0 Å². The Labute approximate surface area is 122 Å². The molecule has 2 nitrogen and oxygen atoms in total. The summed E-state index contributed by atoms with van der Waals surface area (Å²) >= 11 is 0. The fourth-order valence-electron chi connectivity index (χ4n) is 2.41. The molecular formula is C18H15FO2. The van der Waals surface area contributed by atoms with Crippen LogP contribution in [-0.2, 0) is 6.42 Å². The number of aryl methyl sites for hydroxylation is 2. The zero-order valence-corrected chi connectivity index (χ0v) is 11.7. The zero-order chi connectivity index (χ0) is 14.8. The Balaban J connectivity index is 1.76. The maximum Gasteiger partial charge on any atom is 0.198 e. The van der Waals surface area contributed by atoms with Crippen molar-refractivity contribution in [3.63, 3.8) is 0 Å². The van der Waals surface area contributed by atoms with E-state index < -0.39 is 5.82 Å². The highest BCUT2D eigenvalue weighted by Gasteiger charge is 2.14. The number of hydrogen-bond donors (Lipinski definition) is 0. The number of rotatable bonds is 4. The van der Waals surface area contributed by atoms with Crippen LogP contribution in [0.1, 0.15) is 28.1 Å². The van der Waals surface area contributed by atoms with Crippen LogP contribution in [0.15, 0.2) is 52.9 Å². The summed E-state index contributed by atoms with van der Waals surface area (Å²) in [7, 11) is 0. The third kappa shape index (κ3) is 2.87. The first kappa shape index (κ1) is 13.6. The molecule has 0 amide bonds. The first-order valence-corrected chi connectivity index (χ1v) is 6.90. The molecule has 1 heterocycles. The van der Waals surface area contributed by atoms with Crippen molar-refractivity contribution in [1.29, 1.82) is 0 Å². The Bertz CT molecular complexity index is 802. The number of Topliss-reactive ketones (excluding diaryl/α,β-unsaturated/α-hetero) is 1. The lowest BCUT2D eigenvalue weighted by Gasteiger charge is -2.01. The van der Waals surface area contributed by atoms with E-state index in [0.29, 0.717) is 18.2 Å². The number of para-hydroxylation sites is 1. The van der Waals surface area contributed by atoms with Gasteiger partial charge < -0.3 is 4.42 Å². The largest absolute Gasteiger partial charge is 0.450 e. The maximum atomic E-state index is 13.6. The van der Waals surface area contributed by atoms with E-state index in [0.717, 1.165) is 5.56 Å². The lowest BCUT2D eigenvalue weighted by atomic mass is 10.0. The number of ketones is 1. The van der Waals surface area contributed by atoms with Gasteiger partial charge in [0, 0.05) is 11.8 Å². The molecule has 0 fully saturated rings. The molecule has 3 rings (SSSR count). The molecule has 0 spiro atoms. The average molecular weight is 282 g/mol. The molecule has 106 valence electrons. The fraction of sp³-hybridized carbons (Fsp3) is 0.167. The third-order valence-electron chi connectivity index (χ3n) is 3.49. The summed E-state index contributed by atoms with van der Waals surface area (Å²) in [4.78, 5) is 12.2. The van der Waals surface area contributed by atoms with Crippen LogP contribution in [0.25, 0.3) is 11.0 Å². The van der Waals surface area contributed by atoms with Crippen LogP contribution >= 0.6 is 0 Å². The van der Waals surface area contributed by atoms with Crippen molar-refractivity contribution in [3.8, 4) is 0 Å². The number of halogens is 1. The summed E-state index contributed by atoms with van der Waals surface area (Å²) in [6, 6.07) is 14.3. The monoisotopic (exact) mass is 282 g/mol. The van der Waals surface area contributed by atoms with Gasteiger partial charge in [-0.25, -0.2) is 4.39 Å². The van der Waals surface area contributed by atoms with E-state index in [9.17, 15) is 9.18 Å². The number of fused-ring (bicyclic) bond motifs is 1. The van der Waals surface area contributed by atoms with E-state index in [-0.39, 0.29) is 17.1 Å². The molecule has 0 saturated heterocycles. The highest BCUT2D eigenvalue weighted by Crippen LogP contribution is 2.23. The van der Waals surface area contributed by atoms with Gasteiger partial charge in [-0.3, -0.25) is 4.79 Å². The van der Waals surface area contributed by atoms with Gasteiger partial charge in [0.05, 0.1) is 0 Å². The first-order valence-electron chi connectivity index (χ1n) is 6.90. The first-order chi connectivity index (χ1) is 10.1. The fourth-order valence-corrected chi connectivity index (χ4v) is 2.41. The normalized spacial score (nSPS) is 11.0. The van der Waals surface area contributed by atoms with Crippen LogP contribution in [0.2, 0.25) is 0 Å². The number of benzene rings is 2. The number of hydrogen-bond acceptors (Lipinski definition) is 2. The second-order valence-electron chi connectivity index (χ2n) is 5.18. The molecule has 21 heavy (non-hydrogen) atoms. The Morgan fingerprint density at radius 3 is 2.71 bits per heavy atom. The standard InChI is InChI=1S/C18H15FO2/c1-12-4-2-5-13(10-12)8-9-16(20)17-11-14-6-3-7-15(19)18(14)21-17/h2-7,10-11H,8-9H2,1H3. The minimum absolute atomic E-state index is 0.105. The second-order valence-corrected chi connectivity index (χ2v) is 5.18. The minimum Gasteiger partial charge on any atom is -0.450 e. The Morgan fingerprint density at radius 2 is 1.95 bits per heavy atom. The molecule has 0 N–H and O–H groups in total. The van der Waals surface area contributed by atoms with Crippen molar-refractivity contribution in [2.75, 3.05) is 0 Å². The Morgan fingerprint density at radius 1 is 1.14 bits per heavy atom. The van der Waals surface area contributed by atoms with E-state index >= 15 is 0 Å². The summed E-state index contributed by atoms with van der Waals surface area (Å²) in [5, 5.41) is 0.619. The van der Waals surface area contributed by atoms with Gasteiger partial charge in [0.25, 0.3) is 0 Å². The summed E-state index contributed by atoms with van der Waals surface area (Å²) in [5.41, 5.74) is 2.44. The smallest absolute Gasteiger partial charge is 0.198 e. The average Bonchev–Trinajstić information content (AvgIpc) is 2.90. The van der Waals surface area contributed by atoms with Gasteiger partial charge in [-0.1, -0.05) is 42.0 Å². The molecule has 0 aliphatic carbocycles. The van der Waals surface area contributed by atoms with E-state index in [1.165, 1.54) is 11.6 Å². The van der Waals surface area contributed by atoms with E-state index in [1.54, 1.807) is 18.2 Å². The topological polar surface area (TPSA) is 30.2 Å². The summed E-state index contributed by atoms with van der Waals surface area (Å²) in [6.45, 7) is 2.02. The quantitative estimate of drug-likeness (QED) is 0.649. The van der Waals surface area contributed by atoms with Crippen LogP contribution in [0.4, 0.5) is 4.39 Å². The van der Waals surface area contributed by atoms with Crippen molar-refractivity contribution in [2.24, 2.45) is 0 Å².